The van der Waals surface area contributed by atoms with E-state index in [1.54, 1.807) is 0 Å². The number of nitrogens with zero attached hydrogens (tertiary/aromatic N) is 3. The van der Waals surface area contributed by atoms with Gasteiger partial charge < -0.3 is 5.32 Å². The Hall–Kier alpha value is -1.20. The van der Waals surface area contributed by atoms with Crippen molar-refractivity contribution in [1.82, 2.24) is 15.3 Å². The standard InChI is InChI=1S/C11H18N4O/c1-8-6-11(14-10(3)13-8)15-5-4-12-7-9(2)16-15/h6,9,12H,4-5,7H2,1-3H3/t9-/m0/s1. The number of aromatic nitrogens is 2. The van der Waals surface area contributed by atoms with Crippen molar-refractivity contribution in [3.63, 3.8) is 0 Å². The maximum Gasteiger partial charge on any atom is 0.156 e. The Balaban J connectivity index is 2.21. The first-order chi connectivity index (χ1) is 7.65. The predicted octanol–water partition coefficient (Wildman–Crippen LogP) is 0.823. The average Bonchev–Trinajstić information content (AvgIpc) is 2.41. The van der Waals surface area contributed by atoms with Gasteiger partial charge in [0, 0.05) is 24.8 Å². The molecular weight excluding hydrogens is 204 g/mol. The molecule has 0 saturated carbocycles. The summed E-state index contributed by atoms with van der Waals surface area (Å²) in [5, 5.41) is 5.17. The van der Waals surface area contributed by atoms with Crippen molar-refractivity contribution in [2.24, 2.45) is 0 Å². The molecule has 2 rings (SSSR count). The van der Waals surface area contributed by atoms with Gasteiger partial charge in [0.1, 0.15) is 5.82 Å². The first-order valence-electron chi connectivity index (χ1n) is 5.62. The Morgan fingerprint density at radius 2 is 2.25 bits per heavy atom. The highest BCUT2D eigenvalue weighted by Gasteiger charge is 2.17. The highest BCUT2D eigenvalue weighted by atomic mass is 16.7. The predicted molar refractivity (Wildman–Crippen MR) is 62.3 cm³/mol. The number of hydrogen-bond donors (Lipinski definition) is 1. The second-order valence-electron chi connectivity index (χ2n) is 4.14. The van der Waals surface area contributed by atoms with E-state index in [1.165, 1.54) is 0 Å². The summed E-state index contributed by atoms with van der Waals surface area (Å²) in [6, 6.07) is 1.95. The zero-order valence-corrected chi connectivity index (χ0v) is 10.0. The SMILES string of the molecule is Cc1cc(N2CCNC[C@H](C)O2)nc(C)n1. The number of rotatable bonds is 1. The van der Waals surface area contributed by atoms with Crippen molar-refractivity contribution in [2.75, 3.05) is 24.7 Å². The first kappa shape index (κ1) is 11.3. The van der Waals surface area contributed by atoms with Crippen LogP contribution in [0.5, 0.6) is 0 Å². The molecule has 1 atom stereocenters. The third-order valence-corrected chi connectivity index (χ3v) is 2.44. The number of anilines is 1. The molecule has 0 amide bonds. The summed E-state index contributed by atoms with van der Waals surface area (Å²) < 4.78 is 0. The van der Waals surface area contributed by atoms with Crippen molar-refractivity contribution in [2.45, 2.75) is 26.9 Å². The molecule has 2 heterocycles. The van der Waals surface area contributed by atoms with Gasteiger partial charge >= 0.3 is 0 Å². The van der Waals surface area contributed by atoms with Crippen LogP contribution < -0.4 is 10.4 Å². The first-order valence-corrected chi connectivity index (χ1v) is 5.62. The Morgan fingerprint density at radius 3 is 3.00 bits per heavy atom. The summed E-state index contributed by atoms with van der Waals surface area (Å²) in [7, 11) is 0. The minimum absolute atomic E-state index is 0.165. The molecule has 1 aliphatic heterocycles. The minimum Gasteiger partial charge on any atom is -0.312 e. The number of aryl methyl sites for hydroxylation is 2. The van der Waals surface area contributed by atoms with Crippen molar-refractivity contribution >= 4 is 5.82 Å². The highest BCUT2D eigenvalue weighted by Crippen LogP contribution is 2.14. The summed E-state index contributed by atoms with van der Waals surface area (Å²) in [6.07, 6.45) is 0.165. The zero-order chi connectivity index (χ0) is 11.5. The van der Waals surface area contributed by atoms with Crippen molar-refractivity contribution in [3.8, 4) is 0 Å². The van der Waals surface area contributed by atoms with E-state index in [0.29, 0.717) is 0 Å². The summed E-state index contributed by atoms with van der Waals surface area (Å²) in [6.45, 7) is 8.51. The maximum absolute atomic E-state index is 5.79. The van der Waals surface area contributed by atoms with Crippen LogP contribution in [-0.4, -0.2) is 35.7 Å². The Bertz CT molecular complexity index is 349. The van der Waals surface area contributed by atoms with E-state index in [9.17, 15) is 0 Å². The largest absolute Gasteiger partial charge is 0.312 e. The van der Waals surface area contributed by atoms with E-state index in [-0.39, 0.29) is 6.10 Å². The molecule has 1 aromatic rings. The van der Waals surface area contributed by atoms with Crippen molar-refractivity contribution < 1.29 is 4.84 Å². The molecule has 0 aromatic carbocycles. The number of hydroxylamine groups is 1. The van der Waals surface area contributed by atoms with Gasteiger partial charge in [-0.25, -0.2) is 15.0 Å². The van der Waals surface area contributed by atoms with Gasteiger partial charge in [0.15, 0.2) is 5.82 Å². The van der Waals surface area contributed by atoms with Crippen LogP contribution in [0.3, 0.4) is 0 Å². The lowest BCUT2D eigenvalue weighted by Crippen LogP contribution is -2.29. The molecule has 1 fully saturated rings. The Labute approximate surface area is 95.8 Å². The van der Waals surface area contributed by atoms with Gasteiger partial charge in [-0.2, -0.15) is 0 Å². The van der Waals surface area contributed by atoms with Gasteiger partial charge in [-0.3, -0.25) is 4.84 Å². The lowest BCUT2D eigenvalue weighted by atomic mass is 10.4. The molecule has 0 spiro atoms. The fourth-order valence-electron chi connectivity index (χ4n) is 1.79. The smallest absolute Gasteiger partial charge is 0.156 e. The van der Waals surface area contributed by atoms with Crippen LogP contribution in [0.4, 0.5) is 5.82 Å². The molecule has 1 saturated heterocycles. The normalized spacial score (nSPS) is 21.9. The summed E-state index contributed by atoms with van der Waals surface area (Å²) in [5.74, 6) is 1.63. The maximum atomic E-state index is 5.79. The van der Waals surface area contributed by atoms with E-state index < -0.39 is 0 Å². The molecule has 1 N–H and O–H groups in total. The second-order valence-corrected chi connectivity index (χ2v) is 4.14. The third kappa shape index (κ3) is 2.68. The third-order valence-electron chi connectivity index (χ3n) is 2.44. The number of hydrogen-bond acceptors (Lipinski definition) is 5. The fourth-order valence-corrected chi connectivity index (χ4v) is 1.79. The molecule has 0 aliphatic carbocycles. The molecule has 0 bridgehead atoms. The molecule has 5 nitrogen and oxygen atoms in total. The van der Waals surface area contributed by atoms with Crippen molar-refractivity contribution in [3.05, 3.63) is 17.6 Å². The van der Waals surface area contributed by atoms with Crippen LogP contribution in [-0.2, 0) is 4.84 Å². The van der Waals surface area contributed by atoms with Crippen LogP contribution in [0.2, 0.25) is 0 Å². The topological polar surface area (TPSA) is 50.3 Å². The molecule has 0 unspecified atom stereocenters. The fraction of sp³-hybridized carbons (Fsp3) is 0.636. The van der Waals surface area contributed by atoms with E-state index >= 15 is 0 Å². The summed E-state index contributed by atoms with van der Waals surface area (Å²) in [5.41, 5.74) is 0.968. The molecule has 5 heteroatoms. The molecule has 0 radical (unpaired) electrons. The lowest BCUT2D eigenvalue weighted by Gasteiger charge is -2.23. The summed E-state index contributed by atoms with van der Waals surface area (Å²) >= 11 is 0. The van der Waals surface area contributed by atoms with Gasteiger partial charge in [0.2, 0.25) is 0 Å². The quantitative estimate of drug-likeness (QED) is 0.762. The molecule has 1 aliphatic rings. The van der Waals surface area contributed by atoms with Crippen LogP contribution in [0, 0.1) is 13.8 Å². The minimum atomic E-state index is 0.165. The van der Waals surface area contributed by atoms with Gasteiger partial charge in [-0.1, -0.05) is 0 Å². The van der Waals surface area contributed by atoms with Gasteiger partial charge in [0.25, 0.3) is 0 Å². The van der Waals surface area contributed by atoms with Gasteiger partial charge in [0.05, 0.1) is 12.6 Å². The molecule has 1 aromatic heterocycles. The van der Waals surface area contributed by atoms with E-state index in [4.69, 9.17) is 4.84 Å². The van der Waals surface area contributed by atoms with Crippen LogP contribution in [0.1, 0.15) is 18.4 Å². The Kier molecular flexibility index (Phi) is 3.36. The van der Waals surface area contributed by atoms with Crippen LogP contribution in [0.15, 0.2) is 6.07 Å². The van der Waals surface area contributed by atoms with E-state index in [0.717, 1.165) is 37.0 Å². The second kappa shape index (κ2) is 4.76. The average molecular weight is 222 g/mol. The van der Waals surface area contributed by atoms with E-state index in [1.807, 2.05) is 31.9 Å². The van der Waals surface area contributed by atoms with E-state index in [2.05, 4.69) is 15.3 Å². The zero-order valence-electron chi connectivity index (χ0n) is 10.0. The van der Waals surface area contributed by atoms with Gasteiger partial charge in [-0.05, 0) is 20.8 Å². The lowest BCUT2D eigenvalue weighted by molar-refractivity contribution is 0.0572. The summed E-state index contributed by atoms with van der Waals surface area (Å²) in [4.78, 5) is 14.4. The molecule has 16 heavy (non-hydrogen) atoms. The van der Waals surface area contributed by atoms with Crippen LogP contribution >= 0.6 is 0 Å². The monoisotopic (exact) mass is 222 g/mol. The van der Waals surface area contributed by atoms with Crippen molar-refractivity contribution in [1.29, 1.82) is 0 Å². The van der Waals surface area contributed by atoms with Gasteiger partial charge in [-0.15, -0.1) is 0 Å². The molecule has 88 valence electrons. The number of nitrogens with one attached hydrogen (secondary N) is 1. The molecular formula is C11H18N4O. The Morgan fingerprint density at radius 1 is 1.44 bits per heavy atom. The van der Waals surface area contributed by atoms with Crippen LogP contribution in [0.25, 0.3) is 0 Å². The highest BCUT2D eigenvalue weighted by molar-refractivity contribution is 5.36.